The fourth-order valence-electron chi connectivity index (χ4n) is 3.39. The van der Waals surface area contributed by atoms with E-state index in [0.29, 0.717) is 35.4 Å². The zero-order chi connectivity index (χ0) is 16.7. The van der Waals surface area contributed by atoms with Crippen LogP contribution in [0.1, 0.15) is 35.0 Å². The molecule has 0 spiro atoms. The van der Waals surface area contributed by atoms with Gasteiger partial charge in [0.25, 0.3) is 5.91 Å². The maximum atomic E-state index is 13.4. The van der Waals surface area contributed by atoms with E-state index in [-0.39, 0.29) is 17.8 Å². The van der Waals surface area contributed by atoms with Gasteiger partial charge in [-0.15, -0.1) is 0 Å². The largest absolute Gasteiger partial charge is 0.451 e. The van der Waals surface area contributed by atoms with Crippen LogP contribution >= 0.6 is 0 Å². The molecule has 0 aliphatic carbocycles. The highest BCUT2D eigenvalue weighted by Crippen LogP contribution is 2.29. The molecule has 3 aromatic rings. The van der Waals surface area contributed by atoms with E-state index >= 15 is 0 Å². The van der Waals surface area contributed by atoms with E-state index in [4.69, 9.17) is 4.42 Å². The Bertz CT molecular complexity index is 885. The summed E-state index contributed by atoms with van der Waals surface area (Å²) in [6.07, 6.45) is 5.59. The number of hydrogen-bond donors (Lipinski definition) is 0. The standard InChI is InChI=1S/C18H18FN3O2/c1-12-15-10-13(19)5-6-16(15)24-17(12)18(23)21-8-2-4-14(11-21)22-9-3-7-20-22/h3,5-7,9-10,14H,2,4,8,11H2,1H3. The summed E-state index contributed by atoms with van der Waals surface area (Å²) in [5, 5.41) is 4.93. The summed E-state index contributed by atoms with van der Waals surface area (Å²) in [5.74, 6) is -0.167. The SMILES string of the molecule is Cc1c(C(=O)N2CCCC(n3cccn3)C2)oc2ccc(F)cc12. The molecule has 5 nitrogen and oxygen atoms in total. The predicted molar refractivity (Wildman–Crippen MR) is 87.3 cm³/mol. The van der Waals surface area contributed by atoms with Gasteiger partial charge in [0.2, 0.25) is 0 Å². The lowest BCUT2D eigenvalue weighted by molar-refractivity contribution is 0.0642. The molecular weight excluding hydrogens is 309 g/mol. The van der Waals surface area contributed by atoms with E-state index < -0.39 is 0 Å². The molecule has 6 heteroatoms. The van der Waals surface area contributed by atoms with Crippen molar-refractivity contribution in [2.75, 3.05) is 13.1 Å². The van der Waals surface area contributed by atoms with Gasteiger partial charge in [0.05, 0.1) is 6.04 Å². The van der Waals surface area contributed by atoms with Gasteiger partial charge in [-0.05, 0) is 44.0 Å². The van der Waals surface area contributed by atoms with Crippen molar-refractivity contribution in [1.29, 1.82) is 0 Å². The van der Waals surface area contributed by atoms with Gasteiger partial charge in [0.15, 0.2) is 5.76 Å². The molecule has 1 amide bonds. The molecular formula is C18H18FN3O2. The average molecular weight is 327 g/mol. The third kappa shape index (κ3) is 2.48. The fraction of sp³-hybridized carbons (Fsp3) is 0.333. The molecule has 0 saturated carbocycles. The quantitative estimate of drug-likeness (QED) is 0.723. The van der Waals surface area contributed by atoms with Crippen LogP contribution in [0.25, 0.3) is 11.0 Å². The van der Waals surface area contributed by atoms with Crippen LogP contribution in [0.2, 0.25) is 0 Å². The normalized spacial score (nSPS) is 18.2. The number of aromatic nitrogens is 2. The molecule has 1 atom stereocenters. The number of halogens is 1. The first kappa shape index (κ1) is 14.9. The first-order valence-electron chi connectivity index (χ1n) is 8.10. The second-order valence-electron chi connectivity index (χ2n) is 6.23. The number of furan rings is 1. The Balaban J connectivity index is 1.62. The van der Waals surface area contributed by atoms with E-state index in [1.54, 1.807) is 24.1 Å². The van der Waals surface area contributed by atoms with Gasteiger partial charge >= 0.3 is 0 Å². The lowest BCUT2D eigenvalue weighted by Crippen LogP contribution is -2.40. The van der Waals surface area contributed by atoms with Gasteiger partial charge in [-0.3, -0.25) is 9.48 Å². The minimum absolute atomic E-state index is 0.138. The number of likely N-dealkylation sites (tertiary alicyclic amines) is 1. The van der Waals surface area contributed by atoms with Gasteiger partial charge in [-0.25, -0.2) is 4.39 Å². The number of carbonyl (C=O) groups excluding carboxylic acids is 1. The number of rotatable bonds is 2. The Hall–Kier alpha value is -2.63. The molecule has 4 rings (SSSR count). The predicted octanol–water partition coefficient (Wildman–Crippen LogP) is 3.55. The number of nitrogens with zero attached hydrogens (tertiary/aromatic N) is 3. The summed E-state index contributed by atoms with van der Waals surface area (Å²) in [4.78, 5) is 14.7. The number of piperidine rings is 1. The molecule has 0 N–H and O–H groups in total. The molecule has 1 aromatic carbocycles. The highest BCUT2D eigenvalue weighted by atomic mass is 19.1. The molecule has 0 radical (unpaired) electrons. The van der Waals surface area contributed by atoms with Crippen molar-refractivity contribution in [2.45, 2.75) is 25.8 Å². The summed E-state index contributed by atoms with van der Waals surface area (Å²) >= 11 is 0. The highest BCUT2D eigenvalue weighted by molar-refractivity contribution is 5.99. The van der Waals surface area contributed by atoms with Crippen LogP contribution in [0, 0.1) is 12.7 Å². The smallest absolute Gasteiger partial charge is 0.289 e. The van der Waals surface area contributed by atoms with E-state index in [9.17, 15) is 9.18 Å². The summed E-state index contributed by atoms with van der Waals surface area (Å²) in [6, 6.07) is 6.39. The lowest BCUT2D eigenvalue weighted by atomic mass is 10.0. The second-order valence-corrected chi connectivity index (χ2v) is 6.23. The molecule has 0 bridgehead atoms. The van der Waals surface area contributed by atoms with Crippen LogP contribution in [0.4, 0.5) is 4.39 Å². The maximum absolute atomic E-state index is 13.4. The van der Waals surface area contributed by atoms with Crippen LogP contribution in [-0.2, 0) is 0 Å². The van der Waals surface area contributed by atoms with Crippen LogP contribution in [0.5, 0.6) is 0 Å². The van der Waals surface area contributed by atoms with Crippen molar-refractivity contribution in [2.24, 2.45) is 0 Å². The number of fused-ring (bicyclic) bond motifs is 1. The molecule has 24 heavy (non-hydrogen) atoms. The van der Waals surface area contributed by atoms with Crippen molar-refractivity contribution in [3.05, 3.63) is 53.8 Å². The summed E-state index contributed by atoms with van der Waals surface area (Å²) in [7, 11) is 0. The van der Waals surface area contributed by atoms with Gasteiger partial charge in [0, 0.05) is 36.4 Å². The molecule has 2 aromatic heterocycles. The lowest BCUT2D eigenvalue weighted by Gasteiger charge is -2.32. The Labute approximate surface area is 138 Å². The van der Waals surface area contributed by atoms with E-state index in [1.165, 1.54) is 12.1 Å². The van der Waals surface area contributed by atoms with Crippen molar-refractivity contribution in [3.63, 3.8) is 0 Å². The average Bonchev–Trinajstić information content (AvgIpc) is 3.24. The zero-order valence-corrected chi connectivity index (χ0v) is 13.4. The Morgan fingerprint density at radius 3 is 3.08 bits per heavy atom. The van der Waals surface area contributed by atoms with Crippen molar-refractivity contribution in [1.82, 2.24) is 14.7 Å². The summed E-state index contributed by atoms with van der Waals surface area (Å²) in [5.41, 5.74) is 1.23. The third-order valence-corrected chi connectivity index (χ3v) is 4.68. The van der Waals surface area contributed by atoms with Crippen molar-refractivity contribution in [3.8, 4) is 0 Å². The molecule has 124 valence electrons. The molecule has 1 aliphatic heterocycles. The second kappa shape index (κ2) is 5.78. The Kier molecular flexibility index (Phi) is 3.59. The topological polar surface area (TPSA) is 51.3 Å². The molecule has 1 unspecified atom stereocenters. The van der Waals surface area contributed by atoms with Gasteiger partial charge in [-0.1, -0.05) is 0 Å². The number of aryl methyl sites for hydroxylation is 1. The van der Waals surface area contributed by atoms with E-state index in [1.807, 2.05) is 16.9 Å². The number of amides is 1. The number of hydrogen-bond acceptors (Lipinski definition) is 3. The van der Waals surface area contributed by atoms with Crippen LogP contribution in [0.15, 0.2) is 41.1 Å². The van der Waals surface area contributed by atoms with Gasteiger partial charge < -0.3 is 9.32 Å². The number of carbonyl (C=O) groups is 1. The minimum atomic E-state index is -0.331. The fourth-order valence-corrected chi connectivity index (χ4v) is 3.39. The first-order chi connectivity index (χ1) is 11.6. The summed E-state index contributed by atoms with van der Waals surface area (Å²) in [6.45, 7) is 3.10. The van der Waals surface area contributed by atoms with Crippen LogP contribution in [-0.4, -0.2) is 33.7 Å². The summed E-state index contributed by atoms with van der Waals surface area (Å²) < 4.78 is 21.1. The maximum Gasteiger partial charge on any atom is 0.289 e. The zero-order valence-electron chi connectivity index (χ0n) is 13.4. The minimum Gasteiger partial charge on any atom is -0.451 e. The highest BCUT2D eigenvalue weighted by Gasteiger charge is 2.29. The van der Waals surface area contributed by atoms with Crippen molar-refractivity contribution >= 4 is 16.9 Å². The van der Waals surface area contributed by atoms with Gasteiger partial charge in [0.1, 0.15) is 11.4 Å². The van der Waals surface area contributed by atoms with E-state index in [0.717, 1.165) is 12.8 Å². The first-order valence-corrected chi connectivity index (χ1v) is 8.10. The van der Waals surface area contributed by atoms with Crippen molar-refractivity contribution < 1.29 is 13.6 Å². The number of benzene rings is 1. The van der Waals surface area contributed by atoms with Crippen LogP contribution in [0.3, 0.4) is 0 Å². The monoisotopic (exact) mass is 327 g/mol. The van der Waals surface area contributed by atoms with E-state index in [2.05, 4.69) is 5.10 Å². The van der Waals surface area contributed by atoms with Crippen LogP contribution < -0.4 is 0 Å². The molecule has 1 fully saturated rings. The molecule has 3 heterocycles. The Morgan fingerprint density at radius 2 is 2.29 bits per heavy atom. The van der Waals surface area contributed by atoms with Gasteiger partial charge in [-0.2, -0.15) is 5.10 Å². The molecule has 1 saturated heterocycles. The molecule has 1 aliphatic rings. The third-order valence-electron chi connectivity index (χ3n) is 4.68. The Morgan fingerprint density at radius 1 is 1.42 bits per heavy atom.